The minimum atomic E-state index is 0.0208. The molecule has 0 atom stereocenters. The number of methoxy groups -OCH3 is 2. The van der Waals surface area contributed by atoms with Crippen molar-refractivity contribution >= 4 is 11.8 Å². The number of fused-ring (bicyclic) bond motifs is 1. The number of hydrogen-bond acceptors (Lipinski definition) is 7. The molecule has 2 heterocycles. The number of rotatable bonds is 7. The van der Waals surface area contributed by atoms with Crippen molar-refractivity contribution in [1.82, 2.24) is 24.9 Å². The van der Waals surface area contributed by atoms with Gasteiger partial charge >= 0.3 is 0 Å². The van der Waals surface area contributed by atoms with Crippen molar-refractivity contribution in [3.63, 3.8) is 0 Å². The van der Waals surface area contributed by atoms with Gasteiger partial charge in [-0.2, -0.15) is 0 Å². The van der Waals surface area contributed by atoms with Gasteiger partial charge in [0.1, 0.15) is 0 Å². The van der Waals surface area contributed by atoms with Crippen molar-refractivity contribution in [2.45, 2.75) is 86.5 Å². The third kappa shape index (κ3) is 12.1. The molecule has 2 amide bonds. The minimum absolute atomic E-state index is 0.0208. The number of ether oxygens (including phenoxy) is 2. The molecule has 0 bridgehead atoms. The molecule has 9 heteroatoms. The Kier molecular flexibility index (Phi) is 15.4. The molecule has 0 unspecified atom stereocenters. The van der Waals surface area contributed by atoms with Crippen LogP contribution in [0.25, 0.3) is 0 Å². The van der Waals surface area contributed by atoms with E-state index in [0.29, 0.717) is 24.8 Å². The standard InChI is InChI=1S/C14H21NO2.C9H18N2O.C7H16N2O/c1-10(2)15-6-5-11-7-13(16-3)14(17-4)8-12(11)9-15;1-8(2)10-4-6-11(7-5-10)9(3)12;1-6(2)9(4)5-8-7(3)10/h7-8,10H,5-6,9H2,1-4H3;8H,4-7H2,1-3H3;6H,5H2,1-4H3,(H,8,10). The molecule has 1 fully saturated rings. The van der Waals surface area contributed by atoms with Crippen LogP contribution < -0.4 is 14.8 Å². The Balaban J connectivity index is 0.000000307. The second-order valence-electron chi connectivity index (χ2n) is 11.2. The lowest BCUT2D eigenvalue weighted by molar-refractivity contribution is -0.130. The van der Waals surface area contributed by atoms with Crippen molar-refractivity contribution in [3.8, 4) is 11.5 Å². The SMILES string of the molecule is CC(=O)N1CCN(C(C)C)CC1.CC(=O)NCN(C)C(C)C.COc1cc2c(cc1OC)CN(C(C)C)CC2. The lowest BCUT2D eigenvalue weighted by Gasteiger charge is -2.36. The Labute approximate surface area is 237 Å². The molecule has 224 valence electrons. The van der Waals surface area contributed by atoms with Crippen molar-refractivity contribution in [1.29, 1.82) is 0 Å². The van der Waals surface area contributed by atoms with Gasteiger partial charge < -0.3 is 19.7 Å². The zero-order valence-corrected chi connectivity index (χ0v) is 26.5. The van der Waals surface area contributed by atoms with E-state index in [0.717, 1.165) is 57.2 Å². The molecule has 0 radical (unpaired) electrons. The smallest absolute Gasteiger partial charge is 0.219 e. The molecule has 0 aliphatic carbocycles. The first-order valence-electron chi connectivity index (χ1n) is 14.2. The van der Waals surface area contributed by atoms with E-state index >= 15 is 0 Å². The Morgan fingerprint density at radius 3 is 1.77 bits per heavy atom. The highest BCUT2D eigenvalue weighted by Crippen LogP contribution is 2.33. The highest BCUT2D eigenvalue weighted by atomic mass is 16.5. The van der Waals surface area contributed by atoms with Crippen LogP contribution in [-0.2, 0) is 22.6 Å². The van der Waals surface area contributed by atoms with Crippen LogP contribution in [0.3, 0.4) is 0 Å². The van der Waals surface area contributed by atoms with Crippen LogP contribution >= 0.6 is 0 Å². The predicted octanol–water partition coefficient (Wildman–Crippen LogP) is 3.45. The summed E-state index contributed by atoms with van der Waals surface area (Å²) in [6.07, 6.45) is 1.09. The van der Waals surface area contributed by atoms with Gasteiger partial charge in [0.15, 0.2) is 11.5 Å². The van der Waals surface area contributed by atoms with E-state index in [9.17, 15) is 9.59 Å². The van der Waals surface area contributed by atoms with Gasteiger partial charge in [-0.1, -0.05) is 0 Å². The molecule has 0 saturated carbocycles. The van der Waals surface area contributed by atoms with Crippen LogP contribution in [-0.4, -0.2) is 110 Å². The molecule has 2 aliphatic heterocycles. The normalized spacial score (nSPS) is 15.8. The molecule has 1 saturated heterocycles. The summed E-state index contributed by atoms with van der Waals surface area (Å²) in [7, 11) is 5.35. The average Bonchev–Trinajstić information content (AvgIpc) is 2.91. The van der Waals surface area contributed by atoms with Gasteiger partial charge in [0.25, 0.3) is 0 Å². The van der Waals surface area contributed by atoms with Crippen LogP contribution in [0.5, 0.6) is 11.5 Å². The van der Waals surface area contributed by atoms with Crippen LogP contribution in [0.15, 0.2) is 12.1 Å². The maximum Gasteiger partial charge on any atom is 0.219 e. The number of nitrogens with one attached hydrogen (secondary N) is 1. The van der Waals surface area contributed by atoms with Crippen molar-refractivity contribution in [2.24, 2.45) is 0 Å². The van der Waals surface area contributed by atoms with Crippen LogP contribution in [0.2, 0.25) is 0 Å². The fraction of sp³-hybridized carbons (Fsp3) is 0.733. The maximum atomic E-state index is 11.0. The Morgan fingerprint density at radius 1 is 0.846 bits per heavy atom. The summed E-state index contributed by atoms with van der Waals surface area (Å²) in [5.41, 5.74) is 2.75. The van der Waals surface area contributed by atoms with Crippen LogP contribution in [0.1, 0.15) is 66.5 Å². The summed E-state index contributed by atoms with van der Waals surface area (Å²) >= 11 is 0. The number of amides is 2. The van der Waals surface area contributed by atoms with Crippen molar-refractivity contribution in [2.75, 3.05) is 60.7 Å². The summed E-state index contributed by atoms with van der Waals surface area (Å²) in [6, 6.07) is 5.91. The molecule has 2 aliphatic rings. The van der Waals surface area contributed by atoms with Gasteiger partial charge in [0, 0.05) is 71.2 Å². The number of nitrogens with zero attached hydrogens (tertiary/aromatic N) is 4. The largest absolute Gasteiger partial charge is 0.493 e. The van der Waals surface area contributed by atoms with Gasteiger partial charge in [0.05, 0.1) is 20.9 Å². The molecule has 1 N–H and O–H groups in total. The van der Waals surface area contributed by atoms with E-state index in [1.165, 1.54) is 18.1 Å². The zero-order chi connectivity index (χ0) is 29.7. The number of carbonyl (C=O) groups is 2. The molecule has 0 spiro atoms. The first-order chi connectivity index (χ1) is 18.3. The molecule has 0 aromatic heterocycles. The highest BCUT2D eigenvalue weighted by Gasteiger charge is 2.21. The molecule has 39 heavy (non-hydrogen) atoms. The summed E-state index contributed by atoms with van der Waals surface area (Å²) in [5.74, 6) is 1.90. The second kappa shape index (κ2) is 17.4. The van der Waals surface area contributed by atoms with Crippen molar-refractivity contribution in [3.05, 3.63) is 23.3 Å². The average molecular weight is 550 g/mol. The van der Waals surface area contributed by atoms with Gasteiger partial charge in [-0.15, -0.1) is 0 Å². The molecule has 9 nitrogen and oxygen atoms in total. The molecular weight excluding hydrogens is 494 g/mol. The van der Waals surface area contributed by atoms with Crippen molar-refractivity contribution < 1.29 is 19.1 Å². The fourth-order valence-corrected chi connectivity index (χ4v) is 4.32. The number of benzene rings is 1. The maximum absolute atomic E-state index is 11.0. The number of carbonyl (C=O) groups excluding carboxylic acids is 2. The third-order valence-electron chi connectivity index (χ3n) is 7.43. The number of hydrogen-bond donors (Lipinski definition) is 1. The Bertz CT molecular complexity index is 882. The summed E-state index contributed by atoms with van der Waals surface area (Å²) < 4.78 is 10.7. The van der Waals surface area contributed by atoms with Gasteiger partial charge in [-0.05, 0) is 78.3 Å². The lowest BCUT2D eigenvalue weighted by atomic mass is 9.98. The van der Waals surface area contributed by atoms with Crippen LogP contribution in [0, 0.1) is 0 Å². The fourth-order valence-electron chi connectivity index (χ4n) is 4.32. The highest BCUT2D eigenvalue weighted by molar-refractivity contribution is 5.73. The second-order valence-corrected chi connectivity index (χ2v) is 11.2. The predicted molar refractivity (Wildman–Crippen MR) is 159 cm³/mol. The Morgan fingerprint density at radius 2 is 1.36 bits per heavy atom. The molecule has 1 aromatic rings. The first kappa shape index (κ1) is 34.7. The summed E-state index contributed by atoms with van der Waals surface area (Å²) in [5, 5.41) is 2.71. The zero-order valence-electron chi connectivity index (χ0n) is 26.5. The van der Waals surface area contributed by atoms with E-state index in [1.807, 2.05) is 11.9 Å². The van der Waals surface area contributed by atoms with Gasteiger partial charge in [-0.3, -0.25) is 24.3 Å². The number of piperazine rings is 1. The Hall–Kier alpha value is -2.36. The van der Waals surface area contributed by atoms with Gasteiger partial charge in [0.2, 0.25) is 11.8 Å². The molecule has 1 aromatic carbocycles. The molecule has 3 rings (SSSR count). The van der Waals surface area contributed by atoms with Crippen LogP contribution in [0.4, 0.5) is 0 Å². The summed E-state index contributed by atoms with van der Waals surface area (Å²) in [6.45, 7) is 22.8. The quantitative estimate of drug-likeness (QED) is 0.522. The van der Waals surface area contributed by atoms with E-state index in [4.69, 9.17) is 9.47 Å². The van der Waals surface area contributed by atoms with E-state index in [-0.39, 0.29) is 11.8 Å². The van der Waals surface area contributed by atoms with E-state index < -0.39 is 0 Å². The first-order valence-corrected chi connectivity index (χ1v) is 14.2. The molecular formula is C30H55N5O4. The van der Waals surface area contributed by atoms with Gasteiger partial charge in [-0.25, -0.2) is 0 Å². The lowest BCUT2D eigenvalue weighted by Crippen LogP contribution is -2.50. The third-order valence-corrected chi connectivity index (χ3v) is 7.43. The monoisotopic (exact) mass is 549 g/mol. The van der Waals surface area contributed by atoms with E-state index in [2.05, 4.69) is 73.7 Å². The topological polar surface area (TPSA) is 77.6 Å². The van der Waals surface area contributed by atoms with E-state index in [1.54, 1.807) is 21.1 Å². The minimum Gasteiger partial charge on any atom is -0.493 e. The summed E-state index contributed by atoms with van der Waals surface area (Å²) in [4.78, 5) is 30.3.